The maximum absolute atomic E-state index is 13.8. The van der Waals surface area contributed by atoms with Crippen LogP contribution in [0.4, 0.5) is 4.39 Å². The predicted octanol–water partition coefficient (Wildman–Crippen LogP) is 6.31. The number of hydrogen-bond donors (Lipinski definition) is 0. The Bertz CT molecular complexity index is 1020. The normalized spacial score (nSPS) is 20.4. The summed E-state index contributed by atoms with van der Waals surface area (Å²) in [5.74, 6) is 2.03. The molecule has 1 atom stereocenters. The Labute approximate surface area is 183 Å². The fourth-order valence-corrected chi connectivity index (χ4v) is 4.68. The second-order valence-electron chi connectivity index (χ2n) is 8.82. The van der Waals surface area contributed by atoms with E-state index in [4.69, 9.17) is 4.52 Å². The van der Waals surface area contributed by atoms with Crippen LogP contribution in [0.25, 0.3) is 17.5 Å². The zero-order chi connectivity index (χ0) is 21.8. The highest BCUT2D eigenvalue weighted by Gasteiger charge is 2.29. The molecule has 1 unspecified atom stereocenters. The maximum atomic E-state index is 13.8. The van der Waals surface area contributed by atoms with Gasteiger partial charge in [0.25, 0.3) is 5.89 Å². The Balaban J connectivity index is 1.36. The fourth-order valence-electron chi connectivity index (χ4n) is 4.68. The lowest BCUT2D eigenvalue weighted by Crippen LogP contribution is -2.30. The van der Waals surface area contributed by atoms with Crippen LogP contribution in [-0.4, -0.2) is 29.1 Å². The summed E-state index contributed by atoms with van der Waals surface area (Å²) in [5, 5.41) is 4.10. The van der Waals surface area contributed by atoms with Crippen molar-refractivity contribution < 1.29 is 8.91 Å². The molecule has 1 aromatic heterocycles. The van der Waals surface area contributed by atoms with Gasteiger partial charge in [-0.25, -0.2) is 4.39 Å². The second kappa shape index (κ2) is 9.56. The summed E-state index contributed by atoms with van der Waals surface area (Å²) in [7, 11) is 4.17. The van der Waals surface area contributed by atoms with E-state index < -0.39 is 0 Å². The van der Waals surface area contributed by atoms with Crippen LogP contribution >= 0.6 is 0 Å². The molecule has 0 N–H and O–H groups in total. The van der Waals surface area contributed by atoms with Crippen molar-refractivity contribution in [1.82, 2.24) is 15.0 Å². The number of halogens is 1. The zero-order valence-electron chi connectivity index (χ0n) is 18.5. The summed E-state index contributed by atoms with van der Waals surface area (Å²) in [6.07, 6.45) is 8.61. The first-order valence-corrected chi connectivity index (χ1v) is 11.0. The lowest BCUT2D eigenvalue weighted by molar-refractivity contribution is 0.159. The van der Waals surface area contributed by atoms with Crippen molar-refractivity contribution in [1.29, 1.82) is 0 Å². The minimum atomic E-state index is -0.162. The zero-order valence-corrected chi connectivity index (χ0v) is 18.5. The van der Waals surface area contributed by atoms with Crippen LogP contribution in [-0.2, 0) is 0 Å². The van der Waals surface area contributed by atoms with Crippen LogP contribution in [0.2, 0.25) is 0 Å². The lowest BCUT2D eigenvalue weighted by Gasteiger charge is -2.37. The molecule has 0 spiro atoms. The molecule has 3 aromatic rings. The van der Waals surface area contributed by atoms with Crippen LogP contribution < -0.4 is 0 Å². The number of rotatable bonds is 6. The summed E-state index contributed by atoms with van der Waals surface area (Å²) in [6, 6.07) is 15.4. The summed E-state index contributed by atoms with van der Waals surface area (Å²) in [6.45, 7) is 2.06. The molecule has 4 nitrogen and oxygen atoms in total. The number of aryl methyl sites for hydroxylation is 1. The van der Waals surface area contributed by atoms with Gasteiger partial charge in [0.15, 0.2) is 0 Å². The van der Waals surface area contributed by atoms with Crippen molar-refractivity contribution >= 4 is 6.08 Å². The van der Waals surface area contributed by atoms with Crippen LogP contribution in [0.15, 0.2) is 59.1 Å². The standard InChI is InChI=1S/C26H30FN3O/c1-18-7-12-21(13-8-18)26-28-24(31-29-26)16-11-19-9-14-20(15-10-19)25(30(2)3)22-5-4-6-23(27)17-22/h4-8,11-13,16-17,19-20,25H,9-10,14-15H2,1-3H3. The molecule has 1 fully saturated rings. The molecule has 162 valence electrons. The Hall–Kier alpha value is -2.79. The van der Waals surface area contributed by atoms with Gasteiger partial charge in [-0.1, -0.05) is 53.2 Å². The van der Waals surface area contributed by atoms with Crippen LogP contribution in [0.3, 0.4) is 0 Å². The predicted molar refractivity (Wildman–Crippen MR) is 122 cm³/mol. The van der Waals surface area contributed by atoms with E-state index in [9.17, 15) is 4.39 Å². The number of hydrogen-bond acceptors (Lipinski definition) is 4. The van der Waals surface area contributed by atoms with Crippen molar-refractivity contribution in [3.63, 3.8) is 0 Å². The fraction of sp³-hybridized carbons (Fsp3) is 0.385. The third kappa shape index (κ3) is 5.28. The molecular formula is C26H30FN3O. The van der Waals surface area contributed by atoms with Crippen LogP contribution in [0, 0.1) is 24.6 Å². The highest BCUT2D eigenvalue weighted by molar-refractivity contribution is 5.56. The van der Waals surface area contributed by atoms with Gasteiger partial charge in [-0.15, -0.1) is 0 Å². The summed E-state index contributed by atoms with van der Waals surface area (Å²) in [4.78, 5) is 6.72. The van der Waals surface area contributed by atoms with Gasteiger partial charge in [0.05, 0.1) is 0 Å². The highest BCUT2D eigenvalue weighted by atomic mass is 19.1. The van der Waals surface area contributed by atoms with E-state index in [1.165, 1.54) is 11.6 Å². The number of nitrogens with zero attached hydrogens (tertiary/aromatic N) is 3. The van der Waals surface area contributed by atoms with Gasteiger partial charge in [-0.2, -0.15) is 4.98 Å². The molecule has 4 rings (SSSR count). The first-order valence-electron chi connectivity index (χ1n) is 11.0. The van der Waals surface area contributed by atoms with Gasteiger partial charge in [0, 0.05) is 11.6 Å². The molecular weight excluding hydrogens is 389 g/mol. The first kappa shape index (κ1) is 21.4. The molecule has 1 aliphatic carbocycles. The van der Waals surface area contributed by atoms with E-state index in [0.29, 0.717) is 23.6 Å². The smallest absolute Gasteiger partial charge is 0.250 e. The van der Waals surface area contributed by atoms with Gasteiger partial charge in [0.2, 0.25) is 5.82 Å². The number of allylic oxidation sites excluding steroid dienone is 1. The molecule has 2 aromatic carbocycles. The molecule has 0 amide bonds. The van der Waals surface area contributed by atoms with E-state index in [0.717, 1.165) is 36.8 Å². The van der Waals surface area contributed by atoms with E-state index in [1.807, 2.05) is 42.5 Å². The van der Waals surface area contributed by atoms with Crippen LogP contribution in [0.1, 0.15) is 48.7 Å². The van der Waals surface area contributed by atoms with Crippen molar-refractivity contribution in [2.75, 3.05) is 14.1 Å². The molecule has 0 bridgehead atoms. The third-order valence-electron chi connectivity index (χ3n) is 6.27. The molecule has 0 aliphatic heterocycles. The summed E-state index contributed by atoms with van der Waals surface area (Å²) < 4.78 is 19.2. The molecule has 0 radical (unpaired) electrons. The minimum absolute atomic E-state index is 0.162. The second-order valence-corrected chi connectivity index (χ2v) is 8.82. The lowest BCUT2D eigenvalue weighted by atomic mass is 9.76. The molecule has 1 saturated carbocycles. The quantitative estimate of drug-likeness (QED) is 0.470. The Morgan fingerprint density at radius 1 is 1.06 bits per heavy atom. The van der Waals surface area contributed by atoms with E-state index in [-0.39, 0.29) is 11.9 Å². The minimum Gasteiger partial charge on any atom is -0.334 e. The van der Waals surface area contributed by atoms with E-state index >= 15 is 0 Å². The monoisotopic (exact) mass is 419 g/mol. The van der Waals surface area contributed by atoms with Crippen molar-refractivity contribution in [2.24, 2.45) is 11.8 Å². The van der Waals surface area contributed by atoms with Gasteiger partial charge < -0.3 is 9.42 Å². The van der Waals surface area contributed by atoms with Crippen LogP contribution in [0.5, 0.6) is 0 Å². The highest BCUT2D eigenvalue weighted by Crippen LogP contribution is 2.40. The topological polar surface area (TPSA) is 42.2 Å². The number of benzene rings is 2. The Morgan fingerprint density at radius 2 is 1.81 bits per heavy atom. The third-order valence-corrected chi connectivity index (χ3v) is 6.27. The molecule has 5 heteroatoms. The van der Waals surface area contributed by atoms with Crippen molar-refractivity contribution in [3.8, 4) is 11.4 Å². The first-order chi connectivity index (χ1) is 15.0. The van der Waals surface area contributed by atoms with Gasteiger partial charge in [0.1, 0.15) is 5.82 Å². The molecule has 1 aliphatic rings. The molecule has 1 heterocycles. The largest absolute Gasteiger partial charge is 0.334 e. The summed E-state index contributed by atoms with van der Waals surface area (Å²) >= 11 is 0. The molecule has 31 heavy (non-hydrogen) atoms. The summed E-state index contributed by atoms with van der Waals surface area (Å²) in [5.41, 5.74) is 3.23. The SMILES string of the molecule is Cc1ccc(-c2noc(C=CC3CCC(C(c4cccc(F)c4)N(C)C)CC3)n2)cc1. The van der Waals surface area contributed by atoms with Gasteiger partial charge >= 0.3 is 0 Å². The van der Waals surface area contributed by atoms with Crippen molar-refractivity contribution in [3.05, 3.63) is 77.4 Å². The Morgan fingerprint density at radius 3 is 2.48 bits per heavy atom. The Kier molecular flexibility index (Phi) is 6.62. The number of aromatic nitrogens is 2. The average molecular weight is 420 g/mol. The van der Waals surface area contributed by atoms with Gasteiger partial charge in [-0.05, 0) is 82.3 Å². The van der Waals surface area contributed by atoms with E-state index in [1.54, 1.807) is 6.07 Å². The maximum Gasteiger partial charge on any atom is 0.250 e. The average Bonchev–Trinajstić information content (AvgIpc) is 3.23. The van der Waals surface area contributed by atoms with Gasteiger partial charge in [-0.3, -0.25) is 0 Å². The van der Waals surface area contributed by atoms with Crippen molar-refractivity contribution in [2.45, 2.75) is 38.6 Å². The van der Waals surface area contributed by atoms with E-state index in [2.05, 4.69) is 42.1 Å². The molecule has 0 saturated heterocycles.